The zero-order chi connectivity index (χ0) is 19.7. The van der Waals surface area contributed by atoms with Crippen molar-refractivity contribution in [2.75, 3.05) is 19.8 Å². The van der Waals surface area contributed by atoms with Gasteiger partial charge in [0.25, 0.3) is 5.91 Å². The van der Waals surface area contributed by atoms with E-state index < -0.39 is 21.2 Å². The molecule has 7 heteroatoms. The number of nitrogens with zero attached hydrogens (tertiary/aromatic N) is 1. The van der Waals surface area contributed by atoms with Crippen molar-refractivity contribution in [3.8, 4) is 11.5 Å². The molecule has 28 heavy (non-hydrogen) atoms. The summed E-state index contributed by atoms with van der Waals surface area (Å²) in [5.74, 6) is 1.20. The fourth-order valence-electron chi connectivity index (χ4n) is 5.96. The van der Waals surface area contributed by atoms with E-state index >= 15 is 0 Å². The van der Waals surface area contributed by atoms with Gasteiger partial charge in [-0.2, -0.15) is 0 Å². The second kappa shape index (κ2) is 5.75. The molecule has 3 atom stereocenters. The zero-order valence-corrected chi connectivity index (χ0v) is 17.0. The van der Waals surface area contributed by atoms with Gasteiger partial charge in [0, 0.05) is 23.6 Å². The number of ether oxygens (including phenoxy) is 2. The van der Waals surface area contributed by atoms with Crippen LogP contribution < -0.4 is 9.47 Å². The molecule has 0 radical (unpaired) electrons. The number of amides is 1. The maximum atomic E-state index is 13.2. The van der Waals surface area contributed by atoms with Crippen molar-refractivity contribution in [1.29, 1.82) is 0 Å². The van der Waals surface area contributed by atoms with Gasteiger partial charge in [-0.1, -0.05) is 26.0 Å². The number of sulfonamides is 1. The second-order valence-corrected chi connectivity index (χ2v) is 11.0. The summed E-state index contributed by atoms with van der Waals surface area (Å²) in [5.41, 5.74) is 0.359. The molecular weight excluding hydrogens is 378 g/mol. The van der Waals surface area contributed by atoms with Crippen molar-refractivity contribution in [2.24, 2.45) is 16.7 Å². The molecule has 1 amide bonds. The average Bonchev–Trinajstić information content (AvgIpc) is 3.17. The highest BCUT2D eigenvalue weighted by molar-refractivity contribution is 7.90. The van der Waals surface area contributed by atoms with E-state index in [0.717, 1.165) is 17.1 Å². The van der Waals surface area contributed by atoms with Gasteiger partial charge >= 0.3 is 0 Å². The molecule has 0 N–H and O–H groups in total. The van der Waals surface area contributed by atoms with Crippen molar-refractivity contribution >= 4 is 22.0 Å². The summed E-state index contributed by atoms with van der Waals surface area (Å²) in [5, 5.41) is -0.424. The van der Waals surface area contributed by atoms with Crippen molar-refractivity contribution in [3.63, 3.8) is 0 Å². The predicted octanol–water partition coefficient (Wildman–Crippen LogP) is 2.84. The maximum absolute atomic E-state index is 13.2. The quantitative estimate of drug-likeness (QED) is 0.710. The Balaban J connectivity index is 1.44. The summed E-state index contributed by atoms with van der Waals surface area (Å²) in [7, 11) is -3.62. The van der Waals surface area contributed by atoms with E-state index in [4.69, 9.17) is 9.47 Å². The SMILES string of the molecule is CC1(C)C2CCC13CN(C(=O)/C=C/c1cccc4c1OCCO4)S(=O)(=O)C3C2. The van der Waals surface area contributed by atoms with Crippen LogP contribution in [0.5, 0.6) is 11.5 Å². The minimum atomic E-state index is -3.62. The molecule has 6 nitrogen and oxygen atoms in total. The van der Waals surface area contributed by atoms with Crippen LogP contribution in [0.1, 0.15) is 38.7 Å². The van der Waals surface area contributed by atoms with Crippen LogP contribution in [0.25, 0.3) is 6.08 Å². The maximum Gasteiger partial charge on any atom is 0.260 e. The van der Waals surface area contributed by atoms with E-state index in [9.17, 15) is 13.2 Å². The number of rotatable bonds is 2. The van der Waals surface area contributed by atoms with E-state index in [1.807, 2.05) is 18.2 Å². The fourth-order valence-corrected chi connectivity index (χ4v) is 8.53. The third-order valence-electron chi connectivity index (χ3n) is 7.70. The van der Waals surface area contributed by atoms with Gasteiger partial charge in [0.15, 0.2) is 11.5 Å². The highest BCUT2D eigenvalue weighted by Crippen LogP contribution is 2.70. The first-order valence-electron chi connectivity index (χ1n) is 9.90. The van der Waals surface area contributed by atoms with E-state index in [0.29, 0.717) is 49.2 Å². The second-order valence-electron chi connectivity index (χ2n) is 8.93. The monoisotopic (exact) mass is 403 g/mol. The lowest BCUT2D eigenvalue weighted by atomic mass is 9.69. The summed E-state index contributed by atoms with van der Waals surface area (Å²) in [6.07, 6.45) is 5.60. The van der Waals surface area contributed by atoms with Gasteiger partial charge < -0.3 is 9.47 Å². The summed E-state index contributed by atoms with van der Waals surface area (Å²) in [6, 6.07) is 5.47. The number of para-hydroxylation sites is 1. The van der Waals surface area contributed by atoms with Crippen LogP contribution in [0.2, 0.25) is 0 Å². The molecule has 2 saturated carbocycles. The predicted molar refractivity (Wildman–Crippen MR) is 104 cm³/mol. The molecule has 5 rings (SSSR count). The Bertz CT molecular complexity index is 983. The lowest BCUT2D eigenvalue weighted by Gasteiger charge is -2.36. The summed E-state index contributed by atoms with van der Waals surface area (Å²) < 4.78 is 38.7. The molecule has 1 saturated heterocycles. The topological polar surface area (TPSA) is 72.9 Å². The van der Waals surface area contributed by atoms with Crippen LogP contribution in [0.15, 0.2) is 24.3 Å². The van der Waals surface area contributed by atoms with E-state index in [1.165, 1.54) is 6.08 Å². The Kier molecular flexibility index (Phi) is 3.70. The molecule has 3 unspecified atom stereocenters. The molecular formula is C21H25NO5S. The Morgan fingerprint density at radius 2 is 2.04 bits per heavy atom. The Morgan fingerprint density at radius 1 is 1.25 bits per heavy atom. The summed E-state index contributed by atoms with van der Waals surface area (Å²) in [4.78, 5) is 12.9. The third kappa shape index (κ3) is 2.19. The van der Waals surface area contributed by atoms with Crippen LogP contribution in [0, 0.1) is 16.7 Å². The van der Waals surface area contributed by atoms with Crippen LogP contribution in [0.4, 0.5) is 0 Å². The van der Waals surface area contributed by atoms with Crippen molar-refractivity contribution < 1.29 is 22.7 Å². The minimum absolute atomic E-state index is 0.0484. The summed E-state index contributed by atoms with van der Waals surface area (Å²) >= 11 is 0. The van der Waals surface area contributed by atoms with Gasteiger partial charge in [0.05, 0.1) is 5.25 Å². The number of hydrogen-bond donors (Lipinski definition) is 0. The zero-order valence-electron chi connectivity index (χ0n) is 16.2. The van der Waals surface area contributed by atoms with Crippen molar-refractivity contribution in [2.45, 2.75) is 38.4 Å². The van der Waals surface area contributed by atoms with E-state index in [-0.39, 0.29) is 10.8 Å². The first-order chi connectivity index (χ1) is 13.3. The third-order valence-corrected chi connectivity index (χ3v) is 9.98. The van der Waals surface area contributed by atoms with Crippen molar-refractivity contribution in [1.82, 2.24) is 4.31 Å². The Labute approximate surface area is 165 Å². The molecule has 2 aliphatic heterocycles. The number of carbonyl (C=O) groups is 1. The Morgan fingerprint density at radius 3 is 2.79 bits per heavy atom. The highest BCUT2D eigenvalue weighted by atomic mass is 32.2. The lowest BCUT2D eigenvalue weighted by Crippen LogP contribution is -2.39. The molecule has 1 spiro atoms. The average molecular weight is 404 g/mol. The van der Waals surface area contributed by atoms with Gasteiger partial charge in [0.1, 0.15) is 13.2 Å². The van der Waals surface area contributed by atoms with Gasteiger partial charge in [0.2, 0.25) is 10.0 Å². The normalized spacial score (nSPS) is 34.0. The highest BCUT2D eigenvalue weighted by Gasteiger charge is 2.72. The molecule has 3 fully saturated rings. The van der Waals surface area contributed by atoms with Crippen LogP contribution in [0.3, 0.4) is 0 Å². The minimum Gasteiger partial charge on any atom is -0.486 e. The Hall–Kier alpha value is -2.02. The molecule has 1 aromatic rings. The first kappa shape index (κ1) is 18.0. The number of carbonyl (C=O) groups excluding carboxylic acids is 1. The number of benzene rings is 1. The van der Waals surface area contributed by atoms with E-state index in [1.54, 1.807) is 6.08 Å². The molecule has 150 valence electrons. The first-order valence-corrected chi connectivity index (χ1v) is 11.4. The molecule has 1 aromatic carbocycles. The lowest BCUT2D eigenvalue weighted by molar-refractivity contribution is -0.122. The summed E-state index contributed by atoms with van der Waals surface area (Å²) in [6.45, 7) is 5.60. The van der Waals surface area contributed by atoms with Gasteiger partial charge in [-0.15, -0.1) is 0 Å². The number of hydrogen-bond acceptors (Lipinski definition) is 5. The smallest absolute Gasteiger partial charge is 0.260 e. The molecule has 0 aromatic heterocycles. The fraction of sp³-hybridized carbons (Fsp3) is 0.571. The molecule has 2 bridgehead atoms. The molecule has 2 heterocycles. The van der Waals surface area contributed by atoms with Gasteiger partial charge in [-0.25, -0.2) is 12.7 Å². The van der Waals surface area contributed by atoms with Gasteiger partial charge in [-0.3, -0.25) is 4.79 Å². The van der Waals surface area contributed by atoms with Crippen molar-refractivity contribution in [3.05, 3.63) is 29.8 Å². The van der Waals surface area contributed by atoms with Crippen LogP contribution >= 0.6 is 0 Å². The van der Waals surface area contributed by atoms with Gasteiger partial charge in [-0.05, 0) is 42.7 Å². The number of fused-ring (bicyclic) bond motifs is 2. The molecule has 4 aliphatic rings. The molecule has 2 aliphatic carbocycles. The standard InChI is InChI=1S/C21H25NO5S/c1-20(2)15-8-9-21(20)13-22(28(24,25)17(21)12-15)18(23)7-6-14-4-3-5-16-19(14)27-11-10-26-16/h3-7,15,17H,8-13H2,1-2H3/b7-6+. The van der Waals surface area contributed by atoms with Crippen LogP contribution in [-0.4, -0.2) is 43.6 Å². The van der Waals surface area contributed by atoms with E-state index in [2.05, 4.69) is 13.8 Å². The van der Waals surface area contributed by atoms with Crippen LogP contribution in [-0.2, 0) is 14.8 Å². The largest absolute Gasteiger partial charge is 0.486 e.